The molecule has 1 unspecified atom stereocenters. The molecule has 0 fully saturated rings. The number of aromatic nitrogens is 2. The van der Waals surface area contributed by atoms with Gasteiger partial charge in [-0.05, 0) is 57.6 Å². The molecule has 0 radical (unpaired) electrons. The molecule has 4 nitrogen and oxygen atoms in total. The molecule has 1 aromatic heterocycles. The van der Waals surface area contributed by atoms with Crippen molar-refractivity contribution in [3.8, 4) is 0 Å². The van der Waals surface area contributed by atoms with Crippen LogP contribution in [0.4, 0.5) is 5.69 Å². The summed E-state index contributed by atoms with van der Waals surface area (Å²) in [6.07, 6.45) is 1.89. The Morgan fingerprint density at radius 2 is 2.14 bits per heavy atom. The van der Waals surface area contributed by atoms with E-state index in [1.165, 1.54) is 0 Å². The first-order chi connectivity index (χ1) is 10.4. The number of hydrogen-bond acceptors (Lipinski definition) is 2. The predicted octanol–water partition coefficient (Wildman–Crippen LogP) is 4.22. The number of benzene rings is 1. The van der Waals surface area contributed by atoms with Crippen molar-refractivity contribution in [2.45, 2.75) is 40.3 Å². The molecule has 22 heavy (non-hydrogen) atoms. The molecule has 6 heteroatoms. The van der Waals surface area contributed by atoms with Gasteiger partial charge in [0.2, 0.25) is 0 Å². The Kier molecular flexibility index (Phi) is 5.42. The van der Waals surface area contributed by atoms with Crippen molar-refractivity contribution in [1.82, 2.24) is 15.1 Å². The Morgan fingerprint density at radius 1 is 1.41 bits per heavy atom. The van der Waals surface area contributed by atoms with Gasteiger partial charge in [-0.3, -0.25) is 4.68 Å². The van der Waals surface area contributed by atoms with E-state index in [0.717, 1.165) is 34.1 Å². The summed E-state index contributed by atoms with van der Waals surface area (Å²) >= 11 is 11.5. The minimum absolute atomic E-state index is 0.0845. The van der Waals surface area contributed by atoms with Crippen LogP contribution >= 0.6 is 23.8 Å². The van der Waals surface area contributed by atoms with E-state index in [1.807, 2.05) is 36.0 Å². The fraction of sp³-hybridized carbons (Fsp3) is 0.375. The summed E-state index contributed by atoms with van der Waals surface area (Å²) in [6.45, 7) is 9.05. The zero-order valence-corrected chi connectivity index (χ0v) is 14.8. The van der Waals surface area contributed by atoms with E-state index < -0.39 is 0 Å². The van der Waals surface area contributed by atoms with Crippen molar-refractivity contribution in [2.24, 2.45) is 0 Å². The van der Waals surface area contributed by atoms with Crippen molar-refractivity contribution >= 4 is 34.6 Å². The van der Waals surface area contributed by atoms with Gasteiger partial charge in [0, 0.05) is 28.5 Å². The maximum absolute atomic E-state index is 6.12. The van der Waals surface area contributed by atoms with E-state index in [2.05, 4.69) is 36.5 Å². The van der Waals surface area contributed by atoms with Crippen molar-refractivity contribution in [2.75, 3.05) is 5.32 Å². The lowest BCUT2D eigenvalue weighted by molar-refractivity contribution is 0.633. The molecular formula is C16H21ClN4S. The van der Waals surface area contributed by atoms with Crippen molar-refractivity contribution < 1.29 is 0 Å². The predicted molar refractivity (Wildman–Crippen MR) is 96.6 cm³/mol. The van der Waals surface area contributed by atoms with Crippen LogP contribution in [0.2, 0.25) is 5.02 Å². The molecule has 118 valence electrons. The Hall–Kier alpha value is -1.59. The van der Waals surface area contributed by atoms with Crippen LogP contribution in [0.25, 0.3) is 0 Å². The molecule has 0 amide bonds. The molecule has 0 saturated heterocycles. The number of aryl methyl sites for hydroxylation is 2. The third kappa shape index (κ3) is 3.78. The topological polar surface area (TPSA) is 41.9 Å². The standard InChI is InChI=1S/C16H21ClN4S/c1-5-21-12(4)14(9-18-21)11(3)19-16(22)20-13-7-6-10(2)15(17)8-13/h6-9,11H,5H2,1-4H3,(H2,19,20,22). The molecule has 0 aliphatic carbocycles. The molecular weight excluding hydrogens is 316 g/mol. The summed E-state index contributed by atoms with van der Waals surface area (Å²) < 4.78 is 1.98. The number of nitrogens with one attached hydrogen (secondary N) is 2. The molecule has 2 N–H and O–H groups in total. The van der Waals surface area contributed by atoms with E-state index >= 15 is 0 Å². The van der Waals surface area contributed by atoms with Crippen LogP contribution in [-0.4, -0.2) is 14.9 Å². The van der Waals surface area contributed by atoms with E-state index in [4.69, 9.17) is 23.8 Å². The number of anilines is 1. The lowest BCUT2D eigenvalue weighted by Crippen LogP contribution is -2.31. The number of thiocarbonyl (C=S) groups is 1. The maximum atomic E-state index is 6.12. The van der Waals surface area contributed by atoms with Gasteiger partial charge in [-0.25, -0.2) is 0 Å². The number of hydrogen-bond donors (Lipinski definition) is 2. The maximum Gasteiger partial charge on any atom is 0.171 e. The monoisotopic (exact) mass is 336 g/mol. The summed E-state index contributed by atoms with van der Waals surface area (Å²) in [6, 6.07) is 5.88. The highest BCUT2D eigenvalue weighted by atomic mass is 35.5. The first kappa shape index (κ1) is 16.8. The molecule has 0 aliphatic rings. The number of halogens is 1. The van der Waals surface area contributed by atoms with Crippen molar-refractivity contribution in [1.29, 1.82) is 0 Å². The minimum atomic E-state index is 0.0845. The zero-order chi connectivity index (χ0) is 16.3. The highest BCUT2D eigenvalue weighted by molar-refractivity contribution is 7.80. The second-order valence-electron chi connectivity index (χ2n) is 5.29. The highest BCUT2D eigenvalue weighted by Gasteiger charge is 2.13. The molecule has 1 heterocycles. The van der Waals surface area contributed by atoms with Crippen LogP contribution in [0.15, 0.2) is 24.4 Å². The molecule has 0 spiro atoms. The van der Waals surface area contributed by atoms with Crippen LogP contribution in [0.3, 0.4) is 0 Å². The molecule has 2 rings (SSSR count). The summed E-state index contributed by atoms with van der Waals surface area (Å²) in [7, 11) is 0. The quantitative estimate of drug-likeness (QED) is 0.820. The normalized spacial score (nSPS) is 12.0. The SMILES string of the molecule is CCn1ncc(C(C)NC(=S)Nc2ccc(C)c(Cl)c2)c1C. The van der Waals surface area contributed by atoms with E-state index in [9.17, 15) is 0 Å². The van der Waals surface area contributed by atoms with Gasteiger partial charge < -0.3 is 10.6 Å². The third-order valence-corrected chi connectivity index (χ3v) is 4.31. The summed E-state index contributed by atoms with van der Waals surface area (Å²) in [5.41, 5.74) is 4.22. The Morgan fingerprint density at radius 3 is 2.73 bits per heavy atom. The molecule has 2 aromatic rings. The molecule has 1 aromatic carbocycles. The largest absolute Gasteiger partial charge is 0.356 e. The van der Waals surface area contributed by atoms with Crippen molar-refractivity contribution in [3.05, 3.63) is 46.2 Å². The summed E-state index contributed by atoms with van der Waals surface area (Å²) in [5.74, 6) is 0. The Labute approximate surface area is 141 Å². The van der Waals surface area contributed by atoms with Crippen LogP contribution in [0.5, 0.6) is 0 Å². The molecule has 0 saturated carbocycles. The van der Waals surface area contributed by atoms with Gasteiger partial charge in [0.1, 0.15) is 0 Å². The fourth-order valence-corrected chi connectivity index (χ4v) is 2.79. The zero-order valence-electron chi connectivity index (χ0n) is 13.3. The van der Waals surface area contributed by atoms with Crippen molar-refractivity contribution in [3.63, 3.8) is 0 Å². The smallest absolute Gasteiger partial charge is 0.171 e. The molecule has 0 bridgehead atoms. The lowest BCUT2D eigenvalue weighted by atomic mass is 10.1. The lowest BCUT2D eigenvalue weighted by Gasteiger charge is -2.17. The second kappa shape index (κ2) is 7.11. The van der Waals surface area contributed by atoms with Gasteiger partial charge in [0.05, 0.1) is 12.2 Å². The Balaban J connectivity index is 2.01. The van der Waals surface area contributed by atoms with Crippen LogP contribution in [0.1, 0.15) is 36.7 Å². The molecule has 1 atom stereocenters. The highest BCUT2D eigenvalue weighted by Crippen LogP contribution is 2.21. The summed E-state index contributed by atoms with van der Waals surface area (Å²) in [5, 5.41) is 12.1. The number of nitrogens with zero attached hydrogens (tertiary/aromatic N) is 2. The van der Waals surface area contributed by atoms with Crippen LogP contribution < -0.4 is 10.6 Å². The van der Waals surface area contributed by atoms with E-state index in [1.54, 1.807) is 0 Å². The third-order valence-electron chi connectivity index (χ3n) is 3.68. The van der Waals surface area contributed by atoms with Gasteiger partial charge >= 0.3 is 0 Å². The minimum Gasteiger partial charge on any atom is -0.356 e. The average Bonchev–Trinajstić information content (AvgIpc) is 2.83. The molecule has 0 aliphatic heterocycles. The van der Waals surface area contributed by atoms with E-state index in [-0.39, 0.29) is 6.04 Å². The number of rotatable bonds is 4. The van der Waals surface area contributed by atoms with E-state index in [0.29, 0.717) is 5.11 Å². The Bertz CT molecular complexity index is 681. The second-order valence-corrected chi connectivity index (χ2v) is 6.10. The fourth-order valence-electron chi connectivity index (χ4n) is 2.32. The average molecular weight is 337 g/mol. The first-order valence-corrected chi connectivity index (χ1v) is 8.07. The van der Waals surface area contributed by atoms with Gasteiger partial charge in [-0.2, -0.15) is 5.10 Å². The van der Waals surface area contributed by atoms with Crippen LogP contribution in [0, 0.1) is 13.8 Å². The first-order valence-electron chi connectivity index (χ1n) is 7.28. The van der Waals surface area contributed by atoms with Gasteiger partial charge in [0.25, 0.3) is 0 Å². The van der Waals surface area contributed by atoms with Gasteiger partial charge in [-0.1, -0.05) is 17.7 Å². The van der Waals surface area contributed by atoms with Crippen LogP contribution in [-0.2, 0) is 6.54 Å². The van der Waals surface area contributed by atoms with Gasteiger partial charge in [0.15, 0.2) is 5.11 Å². The summed E-state index contributed by atoms with van der Waals surface area (Å²) in [4.78, 5) is 0. The van der Waals surface area contributed by atoms with Gasteiger partial charge in [-0.15, -0.1) is 0 Å².